The highest BCUT2D eigenvalue weighted by atomic mass is 19.1. The molecule has 1 nitrogen and oxygen atoms in total. The molecule has 0 amide bonds. The first kappa shape index (κ1) is 11.6. The van der Waals surface area contributed by atoms with Gasteiger partial charge in [-0.25, -0.2) is 4.39 Å². The predicted octanol–water partition coefficient (Wildman–Crippen LogP) is 3.55. The van der Waals surface area contributed by atoms with Gasteiger partial charge in [-0.1, -0.05) is 18.2 Å². The van der Waals surface area contributed by atoms with Gasteiger partial charge in [-0.15, -0.1) is 0 Å². The highest BCUT2D eigenvalue weighted by molar-refractivity contribution is 5.25. The van der Waals surface area contributed by atoms with Gasteiger partial charge in [0.1, 0.15) is 5.82 Å². The maximum atomic E-state index is 13.8. The molecular weight excluding hydrogens is 201 g/mol. The largest absolute Gasteiger partial charge is 0.291 e. The number of nitrogens with zero attached hydrogens (tertiary/aromatic N) is 1. The van der Waals surface area contributed by atoms with E-state index in [1.165, 1.54) is 12.8 Å². The predicted molar refractivity (Wildman–Crippen MR) is 64.8 cm³/mol. The number of likely N-dealkylation sites (tertiary alicyclic amines) is 1. The van der Waals surface area contributed by atoms with Crippen LogP contribution in [0.3, 0.4) is 0 Å². The van der Waals surface area contributed by atoms with Crippen LogP contribution in [0.15, 0.2) is 24.3 Å². The van der Waals surface area contributed by atoms with Crippen molar-refractivity contribution in [2.75, 3.05) is 6.54 Å². The Kier molecular flexibility index (Phi) is 3.02. The lowest BCUT2D eigenvalue weighted by Gasteiger charge is -2.39. The normalized spacial score (nSPS) is 22.6. The molecule has 0 spiro atoms. The molecular formula is C14H20FN. The summed E-state index contributed by atoms with van der Waals surface area (Å²) in [6, 6.07) is 7.68. The van der Waals surface area contributed by atoms with Gasteiger partial charge >= 0.3 is 0 Å². The third kappa shape index (κ3) is 1.86. The van der Waals surface area contributed by atoms with Crippen LogP contribution in [0.25, 0.3) is 0 Å². The summed E-state index contributed by atoms with van der Waals surface area (Å²) < 4.78 is 13.8. The number of halogens is 1. The Hall–Kier alpha value is -0.890. The molecule has 1 atom stereocenters. The van der Waals surface area contributed by atoms with Gasteiger partial charge in [0.2, 0.25) is 0 Å². The molecule has 0 aliphatic carbocycles. The molecule has 0 radical (unpaired) electrons. The van der Waals surface area contributed by atoms with Gasteiger partial charge in [0.05, 0.1) is 0 Å². The second kappa shape index (κ2) is 4.17. The molecule has 1 aliphatic rings. The Morgan fingerprint density at radius 3 is 2.56 bits per heavy atom. The van der Waals surface area contributed by atoms with Crippen LogP contribution < -0.4 is 0 Å². The highest BCUT2D eigenvalue weighted by Gasteiger charge is 2.36. The summed E-state index contributed by atoms with van der Waals surface area (Å²) in [5.41, 5.74) is 0.602. The fourth-order valence-corrected chi connectivity index (χ4v) is 2.88. The van der Waals surface area contributed by atoms with E-state index >= 15 is 0 Å². The van der Waals surface area contributed by atoms with Crippen molar-refractivity contribution in [3.63, 3.8) is 0 Å². The Morgan fingerprint density at radius 2 is 2.00 bits per heavy atom. The number of hydrogen-bond acceptors (Lipinski definition) is 1. The topological polar surface area (TPSA) is 3.24 Å². The van der Waals surface area contributed by atoms with Crippen molar-refractivity contribution < 1.29 is 4.39 Å². The Balaban J connectivity index is 2.34. The maximum Gasteiger partial charge on any atom is 0.128 e. The number of benzene rings is 1. The zero-order chi connectivity index (χ0) is 11.8. The van der Waals surface area contributed by atoms with Crippen LogP contribution in [-0.2, 0) is 5.54 Å². The van der Waals surface area contributed by atoms with Crippen LogP contribution in [0.2, 0.25) is 0 Å². The molecule has 2 heteroatoms. The van der Waals surface area contributed by atoms with Crippen LogP contribution in [0.4, 0.5) is 4.39 Å². The zero-order valence-corrected chi connectivity index (χ0v) is 10.3. The molecule has 0 saturated carbocycles. The van der Waals surface area contributed by atoms with Gasteiger partial charge in [-0.2, -0.15) is 0 Å². The molecule has 2 rings (SSSR count). The minimum Gasteiger partial charge on any atom is -0.291 e. The summed E-state index contributed by atoms with van der Waals surface area (Å²) in [5.74, 6) is -0.0911. The Bertz CT molecular complexity index is 373. The maximum absolute atomic E-state index is 13.8. The second-order valence-corrected chi connectivity index (χ2v) is 5.22. The van der Waals surface area contributed by atoms with Gasteiger partial charge in [-0.05, 0) is 46.2 Å². The first-order chi connectivity index (χ1) is 7.53. The third-order valence-corrected chi connectivity index (χ3v) is 3.80. The average Bonchev–Trinajstić information content (AvgIpc) is 2.65. The molecule has 1 heterocycles. The van der Waals surface area contributed by atoms with E-state index in [2.05, 4.69) is 25.7 Å². The molecule has 0 aromatic heterocycles. The number of hydrogen-bond donors (Lipinski definition) is 0. The highest BCUT2D eigenvalue weighted by Crippen LogP contribution is 2.35. The van der Waals surface area contributed by atoms with E-state index in [0.29, 0.717) is 6.04 Å². The summed E-state index contributed by atoms with van der Waals surface area (Å²) in [6.45, 7) is 7.54. The standard InChI is InChI=1S/C14H20FN/c1-11-7-6-10-16(11)14(2,3)12-8-4-5-9-13(12)15/h4-5,8-9,11H,6-7,10H2,1-3H3. The fourth-order valence-electron chi connectivity index (χ4n) is 2.88. The molecule has 1 aliphatic heterocycles. The average molecular weight is 221 g/mol. The quantitative estimate of drug-likeness (QED) is 0.738. The molecule has 0 bridgehead atoms. The monoisotopic (exact) mass is 221 g/mol. The Morgan fingerprint density at radius 1 is 1.31 bits per heavy atom. The van der Waals surface area contributed by atoms with E-state index < -0.39 is 0 Å². The SMILES string of the molecule is CC1CCCN1C(C)(C)c1ccccc1F. The first-order valence-electron chi connectivity index (χ1n) is 6.05. The van der Waals surface area contributed by atoms with Crippen molar-refractivity contribution in [1.82, 2.24) is 4.90 Å². The van der Waals surface area contributed by atoms with Gasteiger partial charge in [0.15, 0.2) is 0 Å². The lowest BCUT2D eigenvalue weighted by atomic mass is 9.91. The molecule has 1 aromatic carbocycles. The zero-order valence-electron chi connectivity index (χ0n) is 10.3. The molecule has 88 valence electrons. The fraction of sp³-hybridized carbons (Fsp3) is 0.571. The van der Waals surface area contributed by atoms with Crippen molar-refractivity contribution in [2.45, 2.75) is 45.2 Å². The van der Waals surface area contributed by atoms with Crippen LogP contribution in [-0.4, -0.2) is 17.5 Å². The lowest BCUT2D eigenvalue weighted by Crippen LogP contribution is -2.43. The van der Waals surface area contributed by atoms with Crippen molar-refractivity contribution in [3.8, 4) is 0 Å². The number of rotatable bonds is 2. The third-order valence-electron chi connectivity index (χ3n) is 3.80. The molecule has 1 fully saturated rings. The summed E-state index contributed by atoms with van der Waals surface area (Å²) in [7, 11) is 0. The van der Waals surface area contributed by atoms with E-state index in [9.17, 15) is 4.39 Å². The second-order valence-electron chi connectivity index (χ2n) is 5.22. The van der Waals surface area contributed by atoms with E-state index in [1.807, 2.05) is 12.1 Å². The Labute approximate surface area is 97.3 Å². The van der Waals surface area contributed by atoms with E-state index in [1.54, 1.807) is 12.1 Å². The van der Waals surface area contributed by atoms with E-state index in [4.69, 9.17) is 0 Å². The van der Waals surface area contributed by atoms with Crippen LogP contribution in [0.1, 0.15) is 39.2 Å². The first-order valence-corrected chi connectivity index (χ1v) is 6.05. The minimum absolute atomic E-state index is 0.0911. The van der Waals surface area contributed by atoms with Gasteiger partial charge in [-0.3, -0.25) is 4.90 Å². The van der Waals surface area contributed by atoms with Crippen molar-refractivity contribution >= 4 is 0 Å². The molecule has 0 N–H and O–H groups in total. The summed E-state index contributed by atoms with van der Waals surface area (Å²) in [5, 5.41) is 0. The molecule has 1 saturated heterocycles. The van der Waals surface area contributed by atoms with Crippen LogP contribution in [0, 0.1) is 5.82 Å². The van der Waals surface area contributed by atoms with Gasteiger partial charge in [0, 0.05) is 17.1 Å². The molecule has 16 heavy (non-hydrogen) atoms. The van der Waals surface area contributed by atoms with Crippen molar-refractivity contribution in [3.05, 3.63) is 35.6 Å². The summed E-state index contributed by atoms with van der Waals surface area (Å²) in [6.07, 6.45) is 2.44. The van der Waals surface area contributed by atoms with E-state index in [-0.39, 0.29) is 11.4 Å². The minimum atomic E-state index is -0.207. The lowest BCUT2D eigenvalue weighted by molar-refractivity contribution is 0.109. The van der Waals surface area contributed by atoms with Gasteiger partial charge < -0.3 is 0 Å². The van der Waals surface area contributed by atoms with Crippen molar-refractivity contribution in [1.29, 1.82) is 0 Å². The molecule has 1 aromatic rings. The van der Waals surface area contributed by atoms with Gasteiger partial charge in [0.25, 0.3) is 0 Å². The summed E-state index contributed by atoms with van der Waals surface area (Å²) in [4.78, 5) is 2.41. The van der Waals surface area contributed by atoms with E-state index in [0.717, 1.165) is 12.1 Å². The van der Waals surface area contributed by atoms with Crippen LogP contribution >= 0.6 is 0 Å². The molecule has 1 unspecified atom stereocenters. The van der Waals surface area contributed by atoms with Crippen molar-refractivity contribution in [2.24, 2.45) is 0 Å². The van der Waals surface area contributed by atoms with Crippen LogP contribution in [0.5, 0.6) is 0 Å². The summed E-state index contributed by atoms with van der Waals surface area (Å²) >= 11 is 0. The smallest absolute Gasteiger partial charge is 0.128 e.